The van der Waals surface area contributed by atoms with Gasteiger partial charge in [0.1, 0.15) is 17.4 Å². The summed E-state index contributed by atoms with van der Waals surface area (Å²) in [4.78, 5) is 16.3. The maximum atomic E-state index is 5.67. The molecular formula is C27H30N6O. The van der Waals surface area contributed by atoms with E-state index in [0.717, 1.165) is 77.0 Å². The number of nitrogens with one attached hydrogen (secondary N) is 4. The fourth-order valence-corrected chi connectivity index (χ4v) is 5.09. The summed E-state index contributed by atoms with van der Waals surface area (Å²) in [6.07, 6.45) is 8.50. The number of aromatic nitrogens is 4. The third kappa shape index (κ3) is 4.02. The van der Waals surface area contributed by atoms with Crippen molar-refractivity contribution < 1.29 is 4.74 Å². The van der Waals surface area contributed by atoms with Crippen LogP contribution in [0.25, 0.3) is 33.6 Å². The third-order valence-electron chi connectivity index (χ3n) is 6.99. The van der Waals surface area contributed by atoms with Crippen LogP contribution in [-0.2, 0) is 0 Å². The van der Waals surface area contributed by atoms with E-state index >= 15 is 0 Å². The highest BCUT2D eigenvalue weighted by molar-refractivity contribution is 5.77. The van der Waals surface area contributed by atoms with Crippen LogP contribution in [0, 0.1) is 0 Å². The first-order chi connectivity index (χ1) is 16.8. The molecular weight excluding hydrogens is 424 g/mol. The number of aromatic amines is 2. The molecule has 0 bridgehead atoms. The monoisotopic (exact) mass is 454 g/mol. The van der Waals surface area contributed by atoms with Gasteiger partial charge in [-0.1, -0.05) is 30.3 Å². The van der Waals surface area contributed by atoms with Crippen LogP contribution in [-0.4, -0.2) is 40.1 Å². The Morgan fingerprint density at radius 3 is 1.94 bits per heavy atom. The Hall–Kier alpha value is -3.42. The maximum absolute atomic E-state index is 5.67. The lowest BCUT2D eigenvalue weighted by Crippen LogP contribution is -2.14. The Kier molecular flexibility index (Phi) is 5.65. The summed E-state index contributed by atoms with van der Waals surface area (Å²) in [7, 11) is 1.71. The van der Waals surface area contributed by atoms with Crippen molar-refractivity contribution in [2.75, 3.05) is 20.2 Å². The molecule has 4 N–H and O–H groups in total. The van der Waals surface area contributed by atoms with Gasteiger partial charge in [-0.25, -0.2) is 9.97 Å². The van der Waals surface area contributed by atoms with Crippen molar-refractivity contribution in [1.29, 1.82) is 0 Å². The van der Waals surface area contributed by atoms with E-state index in [4.69, 9.17) is 4.74 Å². The predicted octanol–water partition coefficient (Wildman–Crippen LogP) is 4.99. The minimum Gasteiger partial charge on any atom is -0.496 e. The van der Waals surface area contributed by atoms with Crippen LogP contribution in [0.2, 0.25) is 0 Å². The molecule has 2 saturated heterocycles. The lowest BCUT2D eigenvalue weighted by atomic mass is 9.99. The Labute approximate surface area is 199 Å². The third-order valence-corrected chi connectivity index (χ3v) is 6.99. The van der Waals surface area contributed by atoms with E-state index in [1.165, 1.54) is 12.8 Å². The van der Waals surface area contributed by atoms with Gasteiger partial charge in [-0.2, -0.15) is 0 Å². The average Bonchev–Trinajstić information content (AvgIpc) is 3.70. The molecule has 4 heterocycles. The fourth-order valence-electron chi connectivity index (χ4n) is 5.09. The van der Waals surface area contributed by atoms with Crippen molar-refractivity contribution >= 4 is 0 Å². The molecule has 2 aromatic carbocycles. The van der Waals surface area contributed by atoms with E-state index in [9.17, 15) is 0 Å². The second kappa shape index (κ2) is 9.08. The molecule has 0 aliphatic carbocycles. The molecule has 2 aliphatic heterocycles. The van der Waals surface area contributed by atoms with Crippen LogP contribution < -0.4 is 15.4 Å². The van der Waals surface area contributed by atoms with Crippen LogP contribution in [0.4, 0.5) is 0 Å². The molecule has 0 spiro atoms. The summed E-state index contributed by atoms with van der Waals surface area (Å²) in [5, 5.41) is 7.00. The van der Waals surface area contributed by atoms with Crippen molar-refractivity contribution in [1.82, 2.24) is 30.6 Å². The van der Waals surface area contributed by atoms with Gasteiger partial charge in [0.05, 0.1) is 43.0 Å². The van der Waals surface area contributed by atoms with Gasteiger partial charge in [-0.15, -0.1) is 0 Å². The molecule has 2 aromatic heterocycles. The van der Waals surface area contributed by atoms with E-state index in [0.29, 0.717) is 12.1 Å². The molecule has 0 amide bonds. The van der Waals surface area contributed by atoms with E-state index in [2.05, 4.69) is 67.0 Å². The smallest absolute Gasteiger partial charge is 0.128 e. The number of benzene rings is 2. The lowest BCUT2D eigenvalue weighted by molar-refractivity contribution is 0.416. The van der Waals surface area contributed by atoms with Gasteiger partial charge in [-0.05, 0) is 67.6 Å². The van der Waals surface area contributed by atoms with Gasteiger partial charge in [0.15, 0.2) is 0 Å². The van der Waals surface area contributed by atoms with Crippen LogP contribution in [0.5, 0.6) is 5.75 Å². The second-order valence-corrected chi connectivity index (χ2v) is 9.15. The summed E-state index contributed by atoms with van der Waals surface area (Å²) in [5.74, 6) is 2.86. The molecule has 0 radical (unpaired) electrons. The van der Waals surface area contributed by atoms with Crippen molar-refractivity contribution in [2.24, 2.45) is 0 Å². The Morgan fingerprint density at radius 2 is 1.32 bits per heavy atom. The molecule has 7 heteroatoms. The molecule has 2 fully saturated rings. The van der Waals surface area contributed by atoms with Crippen LogP contribution in [0.1, 0.15) is 49.4 Å². The van der Waals surface area contributed by atoms with Crippen LogP contribution in [0.3, 0.4) is 0 Å². The number of nitrogens with zero attached hydrogens (tertiary/aromatic N) is 2. The van der Waals surface area contributed by atoms with E-state index in [1.54, 1.807) is 7.11 Å². The first-order valence-corrected chi connectivity index (χ1v) is 12.1. The summed E-state index contributed by atoms with van der Waals surface area (Å²) in [6.45, 7) is 2.11. The number of imidazole rings is 2. The Balaban J connectivity index is 1.26. The number of hydrogen-bond acceptors (Lipinski definition) is 5. The zero-order chi connectivity index (χ0) is 22.9. The topological polar surface area (TPSA) is 90.7 Å². The van der Waals surface area contributed by atoms with Crippen LogP contribution >= 0.6 is 0 Å². The molecule has 2 unspecified atom stereocenters. The van der Waals surface area contributed by atoms with Gasteiger partial charge >= 0.3 is 0 Å². The summed E-state index contributed by atoms with van der Waals surface area (Å²) in [5.41, 5.74) is 6.47. The number of ether oxygens (including phenoxy) is 1. The number of rotatable bonds is 6. The fraction of sp³-hybridized carbons (Fsp3) is 0.333. The highest BCUT2D eigenvalue weighted by Gasteiger charge is 2.21. The molecule has 2 atom stereocenters. The molecule has 7 nitrogen and oxygen atoms in total. The highest BCUT2D eigenvalue weighted by Crippen LogP contribution is 2.35. The maximum Gasteiger partial charge on any atom is 0.128 e. The van der Waals surface area contributed by atoms with Crippen molar-refractivity contribution in [3.05, 3.63) is 66.5 Å². The molecule has 6 rings (SSSR count). The van der Waals surface area contributed by atoms with E-state index in [-0.39, 0.29) is 0 Å². The van der Waals surface area contributed by atoms with Crippen molar-refractivity contribution in [3.63, 3.8) is 0 Å². The summed E-state index contributed by atoms with van der Waals surface area (Å²) in [6, 6.07) is 15.6. The minimum atomic E-state index is 0.308. The zero-order valence-electron chi connectivity index (χ0n) is 19.4. The molecule has 2 aliphatic rings. The Morgan fingerprint density at radius 1 is 0.735 bits per heavy atom. The highest BCUT2D eigenvalue weighted by atomic mass is 16.5. The van der Waals surface area contributed by atoms with E-state index < -0.39 is 0 Å². The van der Waals surface area contributed by atoms with Gasteiger partial charge in [0.25, 0.3) is 0 Å². The minimum absolute atomic E-state index is 0.308. The van der Waals surface area contributed by atoms with Gasteiger partial charge in [-0.3, -0.25) is 0 Å². The summed E-state index contributed by atoms with van der Waals surface area (Å²) >= 11 is 0. The number of hydrogen-bond donors (Lipinski definition) is 4. The predicted molar refractivity (Wildman–Crippen MR) is 134 cm³/mol. The first kappa shape index (κ1) is 21.1. The average molecular weight is 455 g/mol. The number of methoxy groups -OCH3 is 1. The normalized spacial score (nSPS) is 20.1. The molecule has 34 heavy (non-hydrogen) atoms. The molecule has 4 aromatic rings. The van der Waals surface area contributed by atoms with Gasteiger partial charge < -0.3 is 25.3 Å². The van der Waals surface area contributed by atoms with Gasteiger partial charge in [0.2, 0.25) is 0 Å². The SMILES string of the molecule is COc1ccc(-c2ccc(-c3cnc(C4CCCN4)[nH]3)cc2)cc1-c1cnc(C2CCCN2)[nH]1. The van der Waals surface area contributed by atoms with Crippen molar-refractivity contribution in [2.45, 2.75) is 37.8 Å². The quantitative estimate of drug-likeness (QED) is 0.329. The molecule has 174 valence electrons. The summed E-state index contributed by atoms with van der Waals surface area (Å²) < 4.78 is 5.67. The molecule has 0 saturated carbocycles. The first-order valence-electron chi connectivity index (χ1n) is 12.1. The number of H-pyrrole nitrogens is 2. The van der Waals surface area contributed by atoms with Crippen molar-refractivity contribution in [3.8, 4) is 39.4 Å². The zero-order valence-corrected chi connectivity index (χ0v) is 19.4. The van der Waals surface area contributed by atoms with Crippen LogP contribution in [0.15, 0.2) is 54.9 Å². The van der Waals surface area contributed by atoms with Gasteiger partial charge in [0, 0.05) is 5.56 Å². The lowest BCUT2D eigenvalue weighted by Gasteiger charge is -2.11. The Bertz CT molecular complexity index is 1260. The van der Waals surface area contributed by atoms with E-state index in [1.807, 2.05) is 18.5 Å². The standard InChI is InChI=1S/C27H30N6O/c1-34-25-11-10-19(14-20(25)24-16-31-27(33-24)22-5-3-13-29-22)17-6-8-18(9-7-17)23-15-30-26(32-23)21-4-2-12-28-21/h6-11,14-16,21-22,28-29H,2-5,12-13H2,1H3,(H,30,32)(H,31,33). The second-order valence-electron chi connectivity index (χ2n) is 9.15. The largest absolute Gasteiger partial charge is 0.496 e.